The van der Waals surface area contributed by atoms with Crippen molar-refractivity contribution in [2.45, 2.75) is 19.4 Å². The standard InChI is InChI=1S/C20H17ClF3N5S/c1-9-2-3-13-11(7-26-27-13)15(9)16-12(21)6-10-18(17(16)22)28-30-20(10)29-5-4-25-8-14(29)19(23)24/h2-3,6-7,14,19,25H,4-5,8H2,1H3,(H,26,27). The van der Waals surface area contributed by atoms with Crippen molar-refractivity contribution >= 4 is 49.9 Å². The fraction of sp³-hybridized carbons (Fsp3) is 0.300. The van der Waals surface area contributed by atoms with Gasteiger partial charge in [0.15, 0.2) is 5.82 Å². The maximum absolute atomic E-state index is 15.7. The molecule has 0 radical (unpaired) electrons. The number of nitrogens with one attached hydrogen (secondary N) is 2. The highest BCUT2D eigenvalue weighted by molar-refractivity contribution is 7.11. The molecule has 30 heavy (non-hydrogen) atoms. The van der Waals surface area contributed by atoms with E-state index in [0.717, 1.165) is 28.0 Å². The zero-order valence-corrected chi connectivity index (χ0v) is 17.4. The van der Waals surface area contributed by atoms with E-state index >= 15 is 4.39 Å². The summed E-state index contributed by atoms with van der Waals surface area (Å²) in [6.07, 6.45) is -0.895. The molecule has 1 unspecified atom stereocenters. The Hall–Kier alpha value is -2.36. The van der Waals surface area contributed by atoms with Crippen molar-refractivity contribution in [2.75, 3.05) is 24.5 Å². The van der Waals surface area contributed by atoms with Crippen molar-refractivity contribution < 1.29 is 13.2 Å². The number of aromatic nitrogens is 3. The van der Waals surface area contributed by atoms with Crippen molar-refractivity contribution in [3.8, 4) is 11.1 Å². The molecular formula is C20H17ClF3N5S. The van der Waals surface area contributed by atoms with Gasteiger partial charge in [0.1, 0.15) is 16.6 Å². The minimum Gasteiger partial charge on any atom is -0.350 e. The predicted molar refractivity (Wildman–Crippen MR) is 114 cm³/mol. The average molecular weight is 452 g/mol. The Bertz CT molecular complexity index is 1250. The van der Waals surface area contributed by atoms with Crippen LogP contribution < -0.4 is 10.2 Å². The smallest absolute Gasteiger partial charge is 0.259 e. The van der Waals surface area contributed by atoms with E-state index in [-0.39, 0.29) is 22.6 Å². The maximum atomic E-state index is 15.7. The number of aromatic amines is 1. The molecule has 10 heteroatoms. The van der Waals surface area contributed by atoms with Crippen LogP contribution in [-0.2, 0) is 0 Å². The fourth-order valence-electron chi connectivity index (χ4n) is 4.10. The summed E-state index contributed by atoms with van der Waals surface area (Å²) in [7, 11) is 0. The number of H-pyrrole nitrogens is 1. The van der Waals surface area contributed by atoms with Crippen LogP contribution in [0.3, 0.4) is 0 Å². The molecule has 1 aliphatic heterocycles. The summed E-state index contributed by atoms with van der Waals surface area (Å²) in [5, 5.41) is 11.9. The molecule has 2 N–H and O–H groups in total. The van der Waals surface area contributed by atoms with Crippen LogP contribution >= 0.6 is 23.1 Å². The topological polar surface area (TPSA) is 56.8 Å². The van der Waals surface area contributed by atoms with Crippen LogP contribution in [0, 0.1) is 12.7 Å². The number of hydrogen-bond donors (Lipinski definition) is 2. The first kappa shape index (κ1) is 19.6. The van der Waals surface area contributed by atoms with Gasteiger partial charge in [-0.25, -0.2) is 13.2 Å². The number of aryl methyl sites for hydroxylation is 1. The number of hydrogen-bond acceptors (Lipinski definition) is 5. The first-order valence-corrected chi connectivity index (χ1v) is 10.6. The Morgan fingerprint density at radius 1 is 1.27 bits per heavy atom. The van der Waals surface area contributed by atoms with Crippen LogP contribution in [0.4, 0.5) is 18.2 Å². The first-order valence-electron chi connectivity index (χ1n) is 9.43. The average Bonchev–Trinajstić information content (AvgIpc) is 3.36. The number of benzene rings is 2. The van der Waals surface area contributed by atoms with Crippen molar-refractivity contribution in [3.63, 3.8) is 0 Å². The number of alkyl halides is 2. The highest BCUT2D eigenvalue weighted by Crippen LogP contribution is 2.44. The summed E-state index contributed by atoms with van der Waals surface area (Å²) in [6.45, 7) is 2.99. The first-order chi connectivity index (χ1) is 14.5. The van der Waals surface area contributed by atoms with Crippen molar-refractivity contribution in [2.24, 2.45) is 0 Å². The summed E-state index contributed by atoms with van der Waals surface area (Å²) < 4.78 is 47.1. The number of piperazine rings is 1. The Morgan fingerprint density at radius 3 is 2.90 bits per heavy atom. The lowest BCUT2D eigenvalue weighted by atomic mass is 9.95. The second-order valence-corrected chi connectivity index (χ2v) is 8.48. The second kappa shape index (κ2) is 7.40. The van der Waals surface area contributed by atoms with Gasteiger partial charge in [0.05, 0.1) is 16.7 Å². The molecule has 0 aliphatic carbocycles. The highest BCUT2D eigenvalue weighted by Gasteiger charge is 2.33. The van der Waals surface area contributed by atoms with Gasteiger partial charge in [-0.3, -0.25) is 5.10 Å². The molecule has 5 nitrogen and oxygen atoms in total. The summed E-state index contributed by atoms with van der Waals surface area (Å²) in [5.74, 6) is -0.555. The lowest BCUT2D eigenvalue weighted by Gasteiger charge is -2.36. The quantitative estimate of drug-likeness (QED) is 0.461. The summed E-state index contributed by atoms with van der Waals surface area (Å²) >= 11 is 7.60. The Kier molecular flexibility index (Phi) is 4.83. The van der Waals surface area contributed by atoms with Crippen LogP contribution in [-0.4, -0.2) is 46.7 Å². The summed E-state index contributed by atoms with van der Waals surface area (Å²) in [6, 6.07) is 4.39. The molecule has 2 aromatic carbocycles. The minimum absolute atomic E-state index is 0.140. The zero-order valence-electron chi connectivity index (χ0n) is 15.8. The molecule has 1 atom stereocenters. The van der Waals surface area contributed by atoms with E-state index in [1.165, 1.54) is 0 Å². The largest absolute Gasteiger partial charge is 0.350 e. The van der Waals surface area contributed by atoms with Gasteiger partial charge in [0.25, 0.3) is 6.43 Å². The molecule has 4 aromatic rings. The zero-order chi connectivity index (χ0) is 21.0. The van der Waals surface area contributed by atoms with Gasteiger partial charge in [-0.2, -0.15) is 9.47 Å². The fourth-order valence-corrected chi connectivity index (χ4v) is 5.32. The van der Waals surface area contributed by atoms with E-state index < -0.39 is 18.3 Å². The van der Waals surface area contributed by atoms with Gasteiger partial charge in [-0.05, 0) is 36.2 Å². The third-order valence-electron chi connectivity index (χ3n) is 5.56. The van der Waals surface area contributed by atoms with Crippen molar-refractivity contribution in [1.82, 2.24) is 19.9 Å². The van der Waals surface area contributed by atoms with Crippen molar-refractivity contribution in [1.29, 1.82) is 0 Å². The normalized spacial score (nSPS) is 17.5. The molecule has 1 saturated heterocycles. The van der Waals surface area contributed by atoms with E-state index in [4.69, 9.17) is 11.6 Å². The third-order valence-corrected chi connectivity index (χ3v) is 6.76. The van der Waals surface area contributed by atoms with Gasteiger partial charge in [-0.1, -0.05) is 17.7 Å². The third kappa shape index (κ3) is 2.95. The lowest BCUT2D eigenvalue weighted by molar-refractivity contribution is 0.106. The molecule has 0 amide bonds. The molecular weight excluding hydrogens is 435 g/mol. The van der Waals surface area contributed by atoms with Crippen LogP contribution in [0.25, 0.3) is 32.9 Å². The van der Waals surface area contributed by atoms with Crippen LogP contribution in [0.5, 0.6) is 0 Å². The number of nitrogens with zero attached hydrogens (tertiary/aromatic N) is 3. The molecule has 1 fully saturated rings. The second-order valence-electron chi connectivity index (χ2n) is 7.32. The van der Waals surface area contributed by atoms with Gasteiger partial charge >= 0.3 is 0 Å². The van der Waals surface area contributed by atoms with Gasteiger partial charge < -0.3 is 10.2 Å². The molecule has 0 spiro atoms. The molecule has 0 saturated carbocycles. The lowest BCUT2D eigenvalue weighted by Crippen LogP contribution is -2.54. The Labute approximate surface area is 179 Å². The number of fused-ring (bicyclic) bond motifs is 2. The molecule has 0 bridgehead atoms. The predicted octanol–water partition coefficient (Wildman–Crippen LogP) is 4.98. The van der Waals surface area contributed by atoms with Crippen LogP contribution in [0.2, 0.25) is 5.02 Å². The van der Waals surface area contributed by atoms with E-state index in [0.29, 0.717) is 29.0 Å². The molecule has 2 aromatic heterocycles. The monoisotopic (exact) mass is 451 g/mol. The Morgan fingerprint density at radius 2 is 2.10 bits per heavy atom. The van der Waals surface area contributed by atoms with Gasteiger partial charge in [0, 0.05) is 41.5 Å². The summed E-state index contributed by atoms with van der Waals surface area (Å²) in [4.78, 5) is 1.61. The molecule has 5 rings (SSSR count). The van der Waals surface area contributed by atoms with Crippen LogP contribution in [0.15, 0.2) is 24.4 Å². The van der Waals surface area contributed by atoms with E-state index in [2.05, 4.69) is 19.9 Å². The van der Waals surface area contributed by atoms with Crippen LogP contribution in [0.1, 0.15) is 5.56 Å². The minimum atomic E-state index is -2.53. The molecule has 1 aliphatic rings. The van der Waals surface area contributed by atoms with Gasteiger partial charge in [-0.15, -0.1) is 0 Å². The molecule has 3 heterocycles. The van der Waals surface area contributed by atoms with E-state index in [1.807, 2.05) is 19.1 Å². The number of rotatable bonds is 3. The van der Waals surface area contributed by atoms with E-state index in [1.54, 1.807) is 17.2 Å². The SMILES string of the molecule is Cc1ccc2[nH]ncc2c1-c1c(Cl)cc2c(N3CCNCC3C(F)F)snc2c1F. The maximum Gasteiger partial charge on any atom is 0.259 e. The van der Waals surface area contributed by atoms with Gasteiger partial charge in [0.2, 0.25) is 0 Å². The summed E-state index contributed by atoms with van der Waals surface area (Å²) in [5.41, 5.74) is 2.65. The number of anilines is 1. The van der Waals surface area contributed by atoms with Crippen molar-refractivity contribution in [3.05, 3.63) is 40.8 Å². The van der Waals surface area contributed by atoms with E-state index in [9.17, 15) is 8.78 Å². The number of halogens is 4. The molecule has 156 valence electrons. The highest BCUT2D eigenvalue weighted by atomic mass is 35.5. The Balaban J connectivity index is 1.71.